The Kier molecular flexibility index (Phi) is 7.82. The molecule has 0 amide bonds. The summed E-state index contributed by atoms with van der Waals surface area (Å²) in [5, 5.41) is 9.06. The number of methoxy groups -OCH3 is 1. The average molecular weight is 349 g/mol. The Bertz CT molecular complexity index is 438. The molecule has 0 bridgehead atoms. The maximum atomic E-state index is 12.0. The van der Waals surface area contributed by atoms with Crippen LogP contribution < -0.4 is 0 Å². The van der Waals surface area contributed by atoms with E-state index >= 15 is 0 Å². The van der Waals surface area contributed by atoms with Gasteiger partial charge >= 0.3 is 17.9 Å². The number of carboxylic acid groups (broad SMARTS) is 1. The van der Waals surface area contributed by atoms with Crippen LogP contribution in [0, 0.1) is 5.92 Å². The van der Waals surface area contributed by atoms with Crippen LogP contribution in [-0.2, 0) is 23.9 Å². The third-order valence-electron chi connectivity index (χ3n) is 4.23. The largest absolute Gasteiger partial charge is 0.481 e. The fraction of sp³-hybridized carbons (Fsp3) is 0.812. The summed E-state index contributed by atoms with van der Waals surface area (Å²) in [6, 6.07) is 0. The monoisotopic (exact) mass is 348 g/mol. The number of unbranched alkanes of at least 4 members (excludes halogenated alkanes) is 5. The lowest BCUT2D eigenvalue weighted by molar-refractivity contribution is -0.153. The van der Waals surface area contributed by atoms with Gasteiger partial charge in [0.25, 0.3) is 0 Å². The minimum Gasteiger partial charge on any atom is -0.481 e. The Balaban J connectivity index is 2.69. The van der Waals surface area contributed by atoms with E-state index in [1.165, 1.54) is 6.42 Å². The third-order valence-corrected chi connectivity index (χ3v) is 4.82. The molecular weight excluding hydrogens is 324 g/mol. The highest BCUT2D eigenvalue weighted by Gasteiger charge is 2.62. The molecule has 1 rings (SSSR count). The summed E-state index contributed by atoms with van der Waals surface area (Å²) in [4.78, 5) is 32.9. The van der Waals surface area contributed by atoms with Crippen LogP contribution in [0.1, 0.15) is 58.3 Å². The van der Waals surface area contributed by atoms with Gasteiger partial charge in [0.05, 0.1) is 13.5 Å². The van der Waals surface area contributed by atoms with E-state index in [1.54, 1.807) is 0 Å². The zero-order valence-electron chi connectivity index (χ0n) is 13.7. The fourth-order valence-corrected chi connectivity index (χ4v) is 3.28. The SMILES string of the molecule is CCCCCCCC[C@H]1OC(=O)[C@](Cl)(C(=O)OC)[C@@H]1CC(=O)O. The van der Waals surface area contributed by atoms with Gasteiger partial charge in [-0.2, -0.15) is 0 Å². The number of halogens is 1. The highest BCUT2D eigenvalue weighted by molar-refractivity contribution is 6.45. The van der Waals surface area contributed by atoms with Gasteiger partial charge in [0.15, 0.2) is 0 Å². The molecule has 1 aliphatic heterocycles. The Labute approximate surface area is 141 Å². The first kappa shape index (κ1) is 19.7. The minimum absolute atomic E-state index is 0.412. The lowest BCUT2D eigenvalue weighted by Gasteiger charge is -2.23. The molecule has 1 N–H and O–H groups in total. The molecule has 0 aromatic carbocycles. The van der Waals surface area contributed by atoms with Crippen LogP contribution >= 0.6 is 11.6 Å². The number of aliphatic carboxylic acids is 1. The van der Waals surface area contributed by atoms with Gasteiger partial charge in [-0.25, -0.2) is 9.59 Å². The van der Waals surface area contributed by atoms with Crippen molar-refractivity contribution >= 4 is 29.5 Å². The van der Waals surface area contributed by atoms with E-state index in [0.29, 0.717) is 6.42 Å². The molecule has 1 saturated heterocycles. The molecule has 1 fully saturated rings. The number of carbonyl (C=O) groups excluding carboxylic acids is 2. The van der Waals surface area contributed by atoms with Crippen molar-refractivity contribution < 1.29 is 29.0 Å². The van der Waals surface area contributed by atoms with Crippen LogP contribution in [0.5, 0.6) is 0 Å². The number of ether oxygens (including phenoxy) is 2. The number of alkyl halides is 1. The number of carboxylic acids is 1. The molecule has 0 spiro atoms. The first-order valence-electron chi connectivity index (χ1n) is 8.08. The number of cyclic esters (lactones) is 1. The average Bonchev–Trinajstić information content (AvgIpc) is 2.75. The van der Waals surface area contributed by atoms with Crippen molar-refractivity contribution in [2.75, 3.05) is 7.11 Å². The van der Waals surface area contributed by atoms with Gasteiger partial charge in [-0.05, 0) is 12.8 Å². The zero-order valence-corrected chi connectivity index (χ0v) is 14.4. The number of hydrogen-bond donors (Lipinski definition) is 1. The Morgan fingerprint density at radius 1 is 1.26 bits per heavy atom. The first-order chi connectivity index (χ1) is 10.9. The van der Waals surface area contributed by atoms with E-state index in [1.807, 2.05) is 0 Å². The zero-order chi connectivity index (χ0) is 17.5. The standard InChI is InChI=1S/C16H25ClO6/c1-3-4-5-6-7-8-9-12-11(10-13(18)19)16(17,14(20)22-2)15(21)23-12/h11-12H,3-10H2,1-2H3,(H,18,19)/t11-,12-,16-/m1/s1. The molecule has 0 unspecified atom stereocenters. The molecule has 0 aromatic rings. The molecule has 3 atom stereocenters. The Morgan fingerprint density at radius 3 is 2.43 bits per heavy atom. The van der Waals surface area contributed by atoms with Crippen molar-refractivity contribution in [1.29, 1.82) is 0 Å². The van der Waals surface area contributed by atoms with Crippen molar-refractivity contribution in [2.45, 2.75) is 69.3 Å². The predicted molar refractivity (Wildman–Crippen MR) is 84.2 cm³/mol. The molecule has 0 saturated carbocycles. The second kappa shape index (κ2) is 9.11. The second-order valence-corrected chi connectivity index (χ2v) is 6.50. The summed E-state index contributed by atoms with van der Waals surface area (Å²) >= 11 is 6.15. The molecule has 1 aliphatic rings. The van der Waals surface area contributed by atoms with Crippen molar-refractivity contribution in [3.8, 4) is 0 Å². The van der Waals surface area contributed by atoms with Crippen LogP contribution in [0.15, 0.2) is 0 Å². The van der Waals surface area contributed by atoms with Gasteiger partial charge in [-0.1, -0.05) is 50.6 Å². The van der Waals surface area contributed by atoms with Gasteiger partial charge in [-0.15, -0.1) is 0 Å². The van der Waals surface area contributed by atoms with E-state index in [-0.39, 0.29) is 0 Å². The van der Waals surface area contributed by atoms with Gasteiger partial charge in [0, 0.05) is 5.92 Å². The smallest absolute Gasteiger partial charge is 0.339 e. The van der Waals surface area contributed by atoms with E-state index in [4.69, 9.17) is 21.4 Å². The number of rotatable bonds is 10. The van der Waals surface area contributed by atoms with Gasteiger partial charge in [0.1, 0.15) is 6.10 Å². The lowest BCUT2D eigenvalue weighted by atomic mass is 9.84. The number of carbonyl (C=O) groups is 3. The van der Waals surface area contributed by atoms with Gasteiger partial charge < -0.3 is 14.6 Å². The molecule has 1 heterocycles. The minimum atomic E-state index is -2.06. The molecule has 132 valence electrons. The first-order valence-corrected chi connectivity index (χ1v) is 8.45. The maximum Gasteiger partial charge on any atom is 0.339 e. The summed E-state index contributed by atoms with van der Waals surface area (Å²) in [5.74, 6) is -3.92. The van der Waals surface area contributed by atoms with Crippen LogP contribution in [0.3, 0.4) is 0 Å². The topological polar surface area (TPSA) is 89.9 Å². The molecule has 0 radical (unpaired) electrons. The maximum absolute atomic E-state index is 12.0. The second-order valence-electron chi connectivity index (χ2n) is 5.91. The van der Waals surface area contributed by atoms with Crippen molar-refractivity contribution in [3.63, 3.8) is 0 Å². The van der Waals surface area contributed by atoms with Crippen molar-refractivity contribution in [1.82, 2.24) is 0 Å². The Hall–Kier alpha value is -1.30. The van der Waals surface area contributed by atoms with E-state index in [2.05, 4.69) is 11.7 Å². The quantitative estimate of drug-likeness (QED) is 0.282. The Morgan fingerprint density at radius 2 is 1.87 bits per heavy atom. The third kappa shape index (κ3) is 4.83. The predicted octanol–water partition coefficient (Wildman–Crippen LogP) is 2.90. The summed E-state index contributed by atoms with van der Waals surface area (Å²) in [6.45, 7) is 2.14. The van der Waals surface area contributed by atoms with Crippen LogP contribution in [-0.4, -0.2) is 41.1 Å². The molecule has 0 aromatic heterocycles. The summed E-state index contributed by atoms with van der Waals surface area (Å²) in [5.41, 5.74) is 0. The molecule has 23 heavy (non-hydrogen) atoms. The van der Waals surface area contributed by atoms with Crippen LogP contribution in [0.4, 0.5) is 0 Å². The van der Waals surface area contributed by atoms with E-state index < -0.39 is 41.2 Å². The van der Waals surface area contributed by atoms with E-state index in [9.17, 15) is 14.4 Å². The van der Waals surface area contributed by atoms with E-state index in [0.717, 1.165) is 39.2 Å². The molecule has 7 heteroatoms. The van der Waals surface area contributed by atoms with Crippen LogP contribution in [0.2, 0.25) is 0 Å². The van der Waals surface area contributed by atoms with Crippen molar-refractivity contribution in [2.24, 2.45) is 5.92 Å². The molecule has 0 aliphatic carbocycles. The highest BCUT2D eigenvalue weighted by atomic mass is 35.5. The summed E-state index contributed by atoms with van der Waals surface area (Å²) in [7, 11) is 1.11. The number of esters is 2. The lowest BCUT2D eigenvalue weighted by Crippen LogP contribution is -2.46. The fourth-order valence-electron chi connectivity index (χ4n) is 2.94. The summed E-state index contributed by atoms with van der Waals surface area (Å²) < 4.78 is 9.78. The molecular formula is C16H25ClO6. The highest BCUT2D eigenvalue weighted by Crippen LogP contribution is 2.42. The number of hydrogen-bond acceptors (Lipinski definition) is 5. The molecule has 6 nitrogen and oxygen atoms in total. The van der Waals surface area contributed by atoms with Gasteiger partial charge in [-0.3, -0.25) is 4.79 Å². The summed E-state index contributed by atoms with van der Waals surface area (Å²) in [6.07, 6.45) is 5.78. The van der Waals surface area contributed by atoms with Gasteiger partial charge in [0.2, 0.25) is 4.87 Å². The normalized spacial score (nSPS) is 26.8. The van der Waals surface area contributed by atoms with Crippen molar-refractivity contribution in [3.05, 3.63) is 0 Å². The van der Waals surface area contributed by atoms with Crippen LogP contribution in [0.25, 0.3) is 0 Å².